The van der Waals surface area contributed by atoms with Crippen molar-refractivity contribution in [3.63, 3.8) is 0 Å². The molecule has 2 heterocycles. The summed E-state index contributed by atoms with van der Waals surface area (Å²) in [6, 6.07) is 17.1. The monoisotopic (exact) mass is 551 g/mol. The summed E-state index contributed by atoms with van der Waals surface area (Å²) in [7, 11) is 3.22. The molecule has 2 aromatic carbocycles. The van der Waals surface area contributed by atoms with Crippen LogP contribution < -0.4 is 14.8 Å². The lowest BCUT2D eigenvalue weighted by Crippen LogP contribution is -2.47. The van der Waals surface area contributed by atoms with Crippen LogP contribution in [0.5, 0.6) is 11.5 Å². The zero-order valence-corrected chi connectivity index (χ0v) is 23.7. The number of carbonyl (C=O) groups is 2. The molecule has 0 radical (unpaired) electrons. The number of thiophene rings is 1. The van der Waals surface area contributed by atoms with E-state index in [1.807, 2.05) is 71.8 Å². The Bertz CT molecular complexity index is 1210. The molecule has 4 rings (SSSR count). The van der Waals surface area contributed by atoms with Crippen molar-refractivity contribution in [2.75, 3.05) is 45.8 Å². The van der Waals surface area contributed by atoms with E-state index in [4.69, 9.17) is 14.2 Å². The molecule has 1 saturated heterocycles. The van der Waals surface area contributed by atoms with Gasteiger partial charge in [-0.1, -0.05) is 29.8 Å². The molecule has 0 saturated carbocycles. The quantitative estimate of drug-likeness (QED) is 0.328. The third-order valence-electron chi connectivity index (χ3n) is 6.76. The predicted molar refractivity (Wildman–Crippen MR) is 154 cm³/mol. The number of methoxy groups -OCH3 is 2. The Morgan fingerprint density at radius 3 is 2.51 bits per heavy atom. The number of nitrogens with zero attached hydrogens (tertiary/aromatic N) is 2. The lowest BCUT2D eigenvalue weighted by atomic mass is 10.1. The first kappa shape index (κ1) is 28.4. The number of benzene rings is 2. The van der Waals surface area contributed by atoms with Crippen LogP contribution in [0, 0.1) is 6.92 Å². The van der Waals surface area contributed by atoms with Crippen molar-refractivity contribution in [1.29, 1.82) is 0 Å². The highest BCUT2D eigenvalue weighted by atomic mass is 32.1. The van der Waals surface area contributed by atoms with Crippen LogP contribution in [0.1, 0.15) is 28.8 Å². The second kappa shape index (κ2) is 14.0. The molecule has 0 unspecified atom stereocenters. The molecule has 1 aromatic heterocycles. The zero-order valence-electron chi connectivity index (χ0n) is 22.9. The van der Waals surface area contributed by atoms with Gasteiger partial charge >= 0.3 is 6.03 Å². The molecular weight excluding hydrogens is 514 g/mol. The van der Waals surface area contributed by atoms with Crippen LogP contribution in [-0.2, 0) is 22.5 Å². The van der Waals surface area contributed by atoms with E-state index in [1.54, 1.807) is 30.5 Å². The summed E-state index contributed by atoms with van der Waals surface area (Å²) in [6.07, 6.45) is 2.40. The highest BCUT2D eigenvalue weighted by molar-refractivity contribution is 7.09. The molecule has 1 aliphatic rings. The van der Waals surface area contributed by atoms with Crippen LogP contribution in [0.2, 0.25) is 0 Å². The van der Waals surface area contributed by atoms with Gasteiger partial charge in [-0.3, -0.25) is 4.79 Å². The van der Waals surface area contributed by atoms with Crippen molar-refractivity contribution < 1.29 is 23.8 Å². The van der Waals surface area contributed by atoms with Gasteiger partial charge in [0.25, 0.3) is 0 Å². The van der Waals surface area contributed by atoms with Crippen LogP contribution >= 0.6 is 11.3 Å². The number of anilines is 1. The summed E-state index contributed by atoms with van der Waals surface area (Å²) in [4.78, 5) is 31.6. The van der Waals surface area contributed by atoms with E-state index < -0.39 is 0 Å². The number of urea groups is 1. The SMILES string of the molecule is COc1ccc(CCN(Cc2cccs2)C(=O)CN(C[C@H]2CCCO2)C(=O)Nc2ccc(C)cc2)cc1OC. The smallest absolute Gasteiger partial charge is 0.322 e. The fourth-order valence-electron chi connectivity index (χ4n) is 4.54. The number of carbonyl (C=O) groups excluding carboxylic acids is 2. The molecule has 9 heteroatoms. The minimum absolute atomic E-state index is 0.0329. The predicted octanol–water partition coefficient (Wildman–Crippen LogP) is 5.36. The second-order valence-electron chi connectivity index (χ2n) is 9.65. The van der Waals surface area contributed by atoms with E-state index in [2.05, 4.69) is 5.32 Å². The number of hydrogen-bond acceptors (Lipinski definition) is 6. The van der Waals surface area contributed by atoms with Crippen LogP contribution in [0.25, 0.3) is 0 Å². The van der Waals surface area contributed by atoms with Gasteiger partial charge in [-0.15, -0.1) is 11.3 Å². The number of amides is 3. The van der Waals surface area contributed by atoms with E-state index in [1.165, 1.54) is 0 Å². The Hall–Kier alpha value is -3.56. The molecule has 8 nitrogen and oxygen atoms in total. The maximum atomic E-state index is 13.7. The van der Waals surface area contributed by atoms with Gasteiger partial charge in [0.15, 0.2) is 11.5 Å². The first-order chi connectivity index (χ1) is 18.9. The summed E-state index contributed by atoms with van der Waals surface area (Å²) in [6.45, 7) is 4.00. The van der Waals surface area contributed by atoms with Gasteiger partial charge in [0.05, 0.1) is 26.9 Å². The van der Waals surface area contributed by atoms with Crippen LogP contribution in [0.4, 0.5) is 10.5 Å². The van der Waals surface area contributed by atoms with Gasteiger partial charge in [0.1, 0.15) is 6.54 Å². The van der Waals surface area contributed by atoms with E-state index in [-0.39, 0.29) is 24.6 Å². The normalized spacial score (nSPS) is 14.6. The molecule has 208 valence electrons. The summed E-state index contributed by atoms with van der Waals surface area (Å²) < 4.78 is 16.6. The van der Waals surface area contributed by atoms with Crippen LogP contribution in [0.3, 0.4) is 0 Å². The maximum absolute atomic E-state index is 13.7. The first-order valence-corrected chi connectivity index (χ1v) is 14.1. The van der Waals surface area contributed by atoms with Gasteiger partial charge in [-0.2, -0.15) is 0 Å². The molecule has 1 N–H and O–H groups in total. The molecule has 1 aliphatic heterocycles. The minimum atomic E-state index is -0.307. The largest absolute Gasteiger partial charge is 0.493 e. The van der Waals surface area contributed by atoms with Crippen molar-refractivity contribution in [1.82, 2.24) is 9.80 Å². The van der Waals surface area contributed by atoms with Crippen molar-refractivity contribution in [2.24, 2.45) is 0 Å². The number of hydrogen-bond donors (Lipinski definition) is 1. The molecular formula is C30H37N3O5S. The van der Waals surface area contributed by atoms with E-state index in [0.29, 0.717) is 49.8 Å². The third-order valence-corrected chi connectivity index (χ3v) is 7.62. The number of rotatable bonds is 12. The fraction of sp³-hybridized carbons (Fsp3) is 0.400. The van der Waals surface area contributed by atoms with Crippen molar-refractivity contribution >= 4 is 29.0 Å². The number of ether oxygens (including phenoxy) is 3. The Morgan fingerprint density at radius 1 is 1.05 bits per heavy atom. The molecule has 39 heavy (non-hydrogen) atoms. The van der Waals surface area contributed by atoms with Gasteiger partial charge in [0.2, 0.25) is 5.91 Å². The zero-order chi connectivity index (χ0) is 27.6. The molecule has 0 spiro atoms. The van der Waals surface area contributed by atoms with Crippen LogP contribution in [-0.4, -0.2) is 68.3 Å². The van der Waals surface area contributed by atoms with E-state index >= 15 is 0 Å². The average molecular weight is 552 g/mol. The Balaban J connectivity index is 1.48. The Labute approximate surface area is 234 Å². The minimum Gasteiger partial charge on any atom is -0.493 e. The molecule has 0 aliphatic carbocycles. The maximum Gasteiger partial charge on any atom is 0.322 e. The van der Waals surface area contributed by atoms with Gasteiger partial charge in [-0.05, 0) is 67.5 Å². The van der Waals surface area contributed by atoms with Crippen molar-refractivity contribution in [2.45, 2.75) is 38.8 Å². The summed E-state index contributed by atoms with van der Waals surface area (Å²) in [5, 5.41) is 4.96. The van der Waals surface area contributed by atoms with Gasteiger partial charge < -0.3 is 29.3 Å². The molecule has 1 atom stereocenters. The van der Waals surface area contributed by atoms with Crippen LogP contribution in [0.15, 0.2) is 60.0 Å². The van der Waals surface area contributed by atoms with E-state index in [9.17, 15) is 9.59 Å². The molecule has 3 aromatic rings. The molecule has 1 fully saturated rings. The van der Waals surface area contributed by atoms with Gasteiger partial charge in [-0.25, -0.2) is 4.79 Å². The number of nitrogens with one attached hydrogen (secondary N) is 1. The Kier molecular flexibility index (Phi) is 10.2. The lowest BCUT2D eigenvalue weighted by Gasteiger charge is -2.29. The second-order valence-corrected chi connectivity index (χ2v) is 10.7. The summed E-state index contributed by atoms with van der Waals surface area (Å²) in [5.41, 5.74) is 2.84. The Morgan fingerprint density at radius 2 is 1.85 bits per heavy atom. The highest BCUT2D eigenvalue weighted by Crippen LogP contribution is 2.28. The van der Waals surface area contributed by atoms with Gasteiger partial charge in [0, 0.05) is 30.3 Å². The summed E-state index contributed by atoms with van der Waals surface area (Å²) >= 11 is 1.61. The molecule has 0 bridgehead atoms. The van der Waals surface area contributed by atoms with E-state index in [0.717, 1.165) is 28.8 Å². The van der Waals surface area contributed by atoms with Crippen molar-refractivity contribution in [3.05, 3.63) is 76.0 Å². The standard InChI is InChI=1S/C30H37N3O5S/c1-22-8-11-24(12-9-22)31-30(35)33(19-25-6-4-16-38-25)21-29(34)32(20-26-7-5-17-39-26)15-14-23-10-13-27(36-2)28(18-23)37-3/h5,7-13,17-18,25H,4,6,14-16,19-21H2,1-3H3,(H,31,35)/t25-/m1/s1. The van der Waals surface area contributed by atoms with Crippen molar-refractivity contribution in [3.8, 4) is 11.5 Å². The highest BCUT2D eigenvalue weighted by Gasteiger charge is 2.27. The number of aryl methyl sites for hydroxylation is 1. The third kappa shape index (κ3) is 8.21. The topological polar surface area (TPSA) is 80.3 Å². The first-order valence-electron chi connectivity index (χ1n) is 13.2. The molecule has 3 amide bonds. The average Bonchev–Trinajstić information content (AvgIpc) is 3.66. The fourth-order valence-corrected chi connectivity index (χ4v) is 5.26. The summed E-state index contributed by atoms with van der Waals surface area (Å²) in [5.74, 6) is 1.21. The lowest BCUT2D eigenvalue weighted by molar-refractivity contribution is -0.132.